The van der Waals surface area contributed by atoms with E-state index in [0.29, 0.717) is 6.54 Å². The molecular formula is C12H17NO2. The molecule has 1 N–H and O–H groups in total. The van der Waals surface area contributed by atoms with E-state index in [4.69, 9.17) is 4.42 Å². The van der Waals surface area contributed by atoms with E-state index in [-0.39, 0.29) is 11.8 Å². The van der Waals surface area contributed by atoms with Gasteiger partial charge in [-0.15, -0.1) is 0 Å². The summed E-state index contributed by atoms with van der Waals surface area (Å²) in [5.74, 6) is 2.26. The number of nitrogens with one attached hydrogen (secondary N) is 1. The van der Waals surface area contributed by atoms with Crippen molar-refractivity contribution in [1.82, 2.24) is 5.32 Å². The Morgan fingerprint density at radius 1 is 1.53 bits per heavy atom. The Balaban J connectivity index is 1.87. The lowest BCUT2D eigenvalue weighted by Gasteiger charge is -2.23. The van der Waals surface area contributed by atoms with E-state index in [9.17, 15) is 4.79 Å². The van der Waals surface area contributed by atoms with Crippen LogP contribution in [0.15, 0.2) is 10.5 Å². The standard InChI is InChI=1S/C12H17NO2/c1-8-6-11(9(2)15-8)7-13-12(14)10-4-3-5-10/h6,10H,3-5,7H2,1-2H3,(H,13,14). The van der Waals surface area contributed by atoms with Gasteiger partial charge in [0, 0.05) is 18.0 Å². The smallest absolute Gasteiger partial charge is 0.223 e. The minimum absolute atomic E-state index is 0.194. The SMILES string of the molecule is Cc1cc(CNC(=O)C2CCC2)c(C)o1. The molecule has 0 radical (unpaired) electrons. The van der Waals surface area contributed by atoms with Gasteiger partial charge in [-0.25, -0.2) is 0 Å². The third kappa shape index (κ3) is 2.22. The average molecular weight is 207 g/mol. The van der Waals surface area contributed by atoms with Crippen LogP contribution in [0.25, 0.3) is 0 Å². The molecule has 0 unspecified atom stereocenters. The number of hydrogen-bond acceptors (Lipinski definition) is 2. The van der Waals surface area contributed by atoms with Crippen molar-refractivity contribution in [3.63, 3.8) is 0 Å². The molecular weight excluding hydrogens is 190 g/mol. The van der Waals surface area contributed by atoms with E-state index in [1.807, 2.05) is 19.9 Å². The maximum Gasteiger partial charge on any atom is 0.223 e. The summed E-state index contributed by atoms with van der Waals surface area (Å²) < 4.78 is 5.40. The second kappa shape index (κ2) is 4.09. The zero-order chi connectivity index (χ0) is 10.8. The largest absolute Gasteiger partial charge is 0.466 e. The molecule has 0 bridgehead atoms. The predicted molar refractivity (Wildman–Crippen MR) is 57.4 cm³/mol. The minimum atomic E-state index is 0.194. The molecule has 1 aliphatic carbocycles. The van der Waals surface area contributed by atoms with Crippen molar-refractivity contribution in [3.05, 3.63) is 23.2 Å². The first-order valence-corrected chi connectivity index (χ1v) is 5.50. The van der Waals surface area contributed by atoms with Crippen molar-refractivity contribution >= 4 is 5.91 Å². The van der Waals surface area contributed by atoms with Gasteiger partial charge in [0.2, 0.25) is 5.91 Å². The number of furan rings is 1. The lowest BCUT2D eigenvalue weighted by molar-refractivity contribution is -0.127. The molecule has 1 amide bonds. The molecule has 0 saturated heterocycles. The summed E-state index contributed by atoms with van der Waals surface area (Å²) in [6.07, 6.45) is 3.30. The Hall–Kier alpha value is -1.25. The molecule has 3 heteroatoms. The number of carbonyl (C=O) groups is 1. The quantitative estimate of drug-likeness (QED) is 0.826. The van der Waals surface area contributed by atoms with Crippen molar-refractivity contribution in [3.8, 4) is 0 Å². The second-order valence-corrected chi connectivity index (χ2v) is 4.28. The summed E-state index contributed by atoms with van der Waals surface area (Å²) >= 11 is 0. The van der Waals surface area contributed by atoms with Gasteiger partial charge in [0.25, 0.3) is 0 Å². The lowest BCUT2D eigenvalue weighted by atomic mass is 9.85. The van der Waals surface area contributed by atoms with Crippen molar-refractivity contribution < 1.29 is 9.21 Å². The highest BCUT2D eigenvalue weighted by atomic mass is 16.3. The molecule has 1 saturated carbocycles. The molecule has 0 aromatic carbocycles. The first kappa shape index (κ1) is 10.3. The molecule has 0 spiro atoms. The monoisotopic (exact) mass is 207 g/mol. The van der Waals surface area contributed by atoms with Crippen molar-refractivity contribution in [2.45, 2.75) is 39.7 Å². The van der Waals surface area contributed by atoms with Gasteiger partial charge in [-0.3, -0.25) is 4.79 Å². The molecule has 82 valence electrons. The van der Waals surface area contributed by atoms with E-state index >= 15 is 0 Å². The summed E-state index contributed by atoms with van der Waals surface area (Å²) in [5, 5.41) is 2.96. The van der Waals surface area contributed by atoms with Crippen LogP contribution in [0.2, 0.25) is 0 Å². The Bertz CT molecular complexity index is 364. The summed E-state index contributed by atoms with van der Waals surface area (Å²) in [5.41, 5.74) is 1.08. The average Bonchev–Trinajstić information content (AvgIpc) is 2.38. The van der Waals surface area contributed by atoms with Crippen LogP contribution in [0.5, 0.6) is 0 Å². The second-order valence-electron chi connectivity index (χ2n) is 4.28. The van der Waals surface area contributed by atoms with Crippen LogP contribution in [0.1, 0.15) is 36.3 Å². The maximum atomic E-state index is 11.6. The molecule has 1 aromatic rings. The van der Waals surface area contributed by atoms with Crippen molar-refractivity contribution in [2.24, 2.45) is 5.92 Å². The molecule has 0 atom stereocenters. The third-order valence-electron chi connectivity index (χ3n) is 3.07. The van der Waals surface area contributed by atoms with Crippen LogP contribution >= 0.6 is 0 Å². The molecule has 1 heterocycles. The summed E-state index contributed by atoms with van der Waals surface area (Å²) in [7, 11) is 0. The Morgan fingerprint density at radius 3 is 2.73 bits per heavy atom. The molecule has 1 aromatic heterocycles. The van der Waals surface area contributed by atoms with Gasteiger partial charge in [0.05, 0.1) is 0 Å². The highest BCUT2D eigenvalue weighted by Gasteiger charge is 2.24. The number of amides is 1. The van der Waals surface area contributed by atoms with E-state index in [0.717, 1.165) is 29.9 Å². The van der Waals surface area contributed by atoms with Crippen LogP contribution in [0.3, 0.4) is 0 Å². The topological polar surface area (TPSA) is 42.2 Å². The van der Waals surface area contributed by atoms with Crippen LogP contribution in [-0.2, 0) is 11.3 Å². The zero-order valence-electron chi connectivity index (χ0n) is 9.30. The summed E-state index contributed by atoms with van der Waals surface area (Å²) in [4.78, 5) is 11.6. The Morgan fingerprint density at radius 2 is 2.27 bits per heavy atom. The van der Waals surface area contributed by atoms with Gasteiger partial charge in [0.1, 0.15) is 11.5 Å². The van der Waals surface area contributed by atoms with E-state index in [1.54, 1.807) is 0 Å². The predicted octanol–water partition coefficient (Wildman–Crippen LogP) is 2.31. The van der Waals surface area contributed by atoms with Gasteiger partial charge < -0.3 is 9.73 Å². The van der Waals surface area contributed by atoms with Gasteiger partial charge in [0.15, 0.2) is 0 Å². The van der Waals surface area contributed by atoms with Crippen LogP contribution in [-0.4, -0.2) is 5.91 Å². The zero-order valence-corrected chi connectivity index (χ0v) is 9.30. The Labute approximate surface area is 89.9 Å². The number of rotatable bonds is 3. The number of aryl methyl sites for hydroxylation is 2. The van der Waals surface area contributed by atoms with Gasteiger partial charge in [-0.1, -0.05) is 6.42 Å². The van der Waals surface area contributed by atoms with E-state index in [1.165, 1.54) is 6.42 Å². The fraction of sp³-hybridized carbons (Fsp3) is 0.583. The van der Waals surface area contributed by atoms with Crippen molar-refractivity contribution in [1.29, 1.82) is 0 Å². The molecule has 15 heavy (non-hydrogen) atoms. The molecule has 0 aliphatic heterocycles. The lowest BCUT2D eigenvalue weighted by Crippen LogP contribution is -2.33. The molecule has 3 nitrogen and oxygen atoms in total. The number of hydrogen-bond donors (Lipinski definition) is 1. The minimum Gasteiger partial charge on any atom is -0.466 e. The first-order valence-electron chi connectivity index (χ1n) is 5.50. The summed E-state index contributed by atoms with van der Waals surface area (Å²) in [6.45, 7) is 4.45. The molecule has 2 rings (SSSR count). The third-order valence-corrected chi connectivity index (χ3v) is 3.07. The normalized spacial score (nSPS) is 16.1. The van der Waals surface area contributed by atoms with Crippen LogP contribution in [0.4, 0.5) is 0 Å². The fourth-order valence-electron chi connectivity index (χ4n) is 1.86. The van der Waals surface area contributed by atoms with Gasteiger partial charge in [-0.05, 0) is 32.8 Å². The van der Waals surface area contributed by atoms with Crippen LogP contribution in [0, 0.1) is 19.8 Å². The molecule has 1 fully saturated rings. The molecule has 1 aliphatic rings. The maximum absolute atomic E-state index is 11.6. The fourth-order valence-corrected chi connectivity index (χ4v) is 1.86. The number of carbonyl (C=O) groups excluding carboxylic acids is 1. The summed E-state index contributed by atoms with van der Waals surface area (Å²) in [6, 6.07) is 1.98. The Kier molecular flexibility index (Phi) is 2.80. The highest BCUT2D eigenvalue weighted by molar-refractivity contribution is 5.79. The van der Waals surface area contributed by atoms with E-state index < -0.39 is 0 Å². The van der Waals surface area contributed by atoms with E-state index in [2.05, 4.69) is 5.32 Å². The van der Waals surface area contributed by atoms with Gasteiger partial charge in [-0.2, -0.15) is 0 Å². The first-order chi connectivity index (χ1) is 7.16. The highest BCUT2D eigenvalue weighted by Crippen LogP contribution is 2.26. The van der Waals surface area contributed by atoms with Gasteiger partial charge >= 0.3 is 0 Å². The van der Waals surface area contributed by atoms with Crippen LogP contribution < -0.4 is 5.32 Å². The van der Waals surface area contributed by atoms with Crippen molar-refractivity contribution in [2.75, 3.05) is 0 Å².